The maximum absolute atomic E-state index is 4.43. The van der Waals surface area contributed by atoms with E-state index in [1.807, 2.05) is 25.4 Å². The number of piperazine rings is 1. The first-order valence-corrected chi connectivity index (χ1v) is 9.28. The quantitative estimate of drug-likeness (QED) is 0.642. The fraction of sp³-hybridized carbons (Fsp3) is 0.375. The van der Waals surface area contributed by atoms with Gasteiger partial charge >= 0.3 is 0 Å². The Bertz CT molecular complexity index is 650. The largest absolute Gasteiger partial charge is 0.353 e. The monoisotopic (exact) mass is 393 g/mol. The summed E-state index contributed by atoms with van der Waals surface area (Å²) in [5.41, 5.74) is 0. The van der Waals surface area contributed by atoms with E-state index in [1.54, 1.807) is 11.3 Å². The number of nitrogens with zero attached hydrogens (tertiary/aromatic N) is 4. The summed E-state index contributed by atoms with van der Waals surface area (Å²) >= 11 is 5.24. The van der Waals surface area contributed by atoms with Gasteiger partial charge in [0, 0.05) is 54.2 Å². The van der Waals surface area contributed by atoms with Crippen LogP contribution in [0.4, 0.5) is 5.82 Å². The summed E-state index contributed by atoms with van der Waals surface area (Å²) in [6, 6.07) is 8.20. The predicted octanol–water partition coefficient (Wildman–Crippen LogP) is 2.80. The fourth-order valence-electron chi connectivity index (χ4n) is 2.63. The van der Waals surface area contributed by atoms with Gasteiger partial charge in [0.05, 0.1) is 6.54 Å². The molecule has 0 amide bonds. The first-order chi connectivity index (χ1) is 11.3. The maximum atomic E-state index is 4.43. The minimum atomic E-state index is 0.809. The molecule has 0 saturated carbocycles. The van der Waals surface area contributed by atoms with Crippen molar-refractivity contribution >= 4 is 39.0 Å². The van der Waals surface area contributed by atoms with E-state index >= 15 is 0 Å². The average molecular weight is 394 g/mol. The molecule has 3 rings (SSSR count). The van der Waals surface area contributed by atoms with Crippen molar-refractivity contribution in [3.05, 3.63) is 45.2 Å². The molecule has 1 N–H and O–H groups in total. The summed E-state index contributed by atoms with van der Waals surface area (Å²) in [6.07, 6.45) is 1.85. The fourth-order valence-corrected chi connectivity index (χ4v) is 4.02. The van der Waals surface area contributed by atoms with Gasteiger partial charge in [0.25, 0.3) is 0 Å². The number of halogens is 1. The Morgan fingerprint density at radius 1 is 1.35 bits per heavy atom. The van der Waals surface area contributed by atoms with Gasteiger partial charge in [-0.25, -0.2) is 4.98 Å². The van der Waals surface area contributed by atoms with Crippen LogP contribution < -0.4 is 10.2 Å². The summed E-state index contributed by atoms with van der Waals surface area (Å²) in [5.74, 6) is 2.02. The van der Waals surface area contributed by atoms with E-state index in [1.165, 1.54) is 4.88 Å². The van der Waals surface area contributed by atoms with Crippen molar-refractivity contribution in [1.29, 1.82) is 0 Å². The number of hydrogen-bond donors (Lipinski definition) is 1. The third kappa shape index (κ3) is 4.23. The SMILES string of the molecule is CN=C(NCc1cc(Br)cs1)N1CCN(c2ccccn2)CC1. The second kappa shape index (κ2) is 7.79. The number of nitrogens with one attached hydrogen (secondary N) is 1. The molecule has 1 aliphatic heterocycles. The number of hydrogen-bond acceptors (Lipinski definition) is 4. The molecule has 7 heteroatoms. The predicted molar refractivity (Wildman–Crippen MR) is 100 cm³/mol. The van der Waals surface area contributed by atoms with Crippen molar-refractivity contribution in [3.8, 4) is 0 Å². The van der Waals surface area contributed by atoms with Gasteiger partial charge in [0.15, 0.2) is 5.96 Å². The van der Waals surface area contributed by atoms with E-state index in [0.29, 0.717) is 0 Å². The van der Waals surface area contributed by atoms with Gasteiger partial charge in [-0.2, -0.15) is 0 Å². The van der Waals surface area contributed by atoms with E-state index in [-0.39, 0.29) is 0 Å². The Hall–Kier alpha value is -1.60. The lowest BCUT2D eigenvalue weighted by atomic mass is 10.3. The topological polar surface area (TPSA) is 43.8 Å². The smallest absolute Gasteiger partial charge is 0.194 e. The maximum Gasteiger partial charge on any atom is 0.194 e. The first-order valence-electron chi connectivity index (χ1n) is 7.61. The number of guanidine groups is 1. The second-order valence-corrected chi connectivity index (χ2v) is 7.21. The van der Waals surface area contributed by atoms with E-state index < -0.39 is 0 Å². The molecule has 0 bridgehead atoms. The normalized spacial score (nSPS) is 15.8. The van der Waals surface area contributed by atoms with Crippen molar-refractivity contribution in [1.82, 2.24) is 15.2 Å². The van der Waals surface area contributed by atoms with Gasteiger partial charge < -0.3 is 15.1 Å². The zero-order valence-electron chi connectivity index (χ0n) is 13.1. The zero-order valence-corrected chi connectivity index (χ0v) is 15.5. The van der Waals surface area contributed by atoms with E-state index in [4.69, 9.17) is 0 Å². The van der Waals surface area contributed by atoms with Gasteiger partial charge in [-0.15, -0.1) is 11.3 Å². The van der Waals surface area contributed by atoms with E-state index in [9.17, 15) is 0 Å². The Labute approximate surface area is 149 Å². The Balaban J connectivity index is 1.53. The van der Waals surface area contributed by atoms with Crippen LogP contribution in [0.25, 0.3) is 0 Å². The highest BCUT2D eigenvalue weighted by molar-refractivity contribution is 9.10. The van der Waals surface area contributed by atoms with Crippen molar-refractivity contribution in [2.24, 2.45) is 4.99 Å². The molecular formula is C16H20BrN5S. The van der Waals surface area contributed by atoms with Gasteiger partial charge in [-0.3, -0.25) is 4.99 Å². The van der Waals surface area contributed by atoms with Gasteiger partial charge in [-0.1, -0.05) is 6.07 Å². The molecule has 2 aromatic heterocycles. The van der Waals surface area contributed by atoms with Crippen LogP contribution in [0, 0.1) is 0 Å². The van der Waals surface area contributed by atoms with Gasteiger partial charge in [0.2, 0.25) is 0 Å². The van der Waals surface area contributed by atoms with Gasteiger partial charge in [-0.05, 0) is 34.1 Å². The molecule has 23 heavy (non-hydrogen) atoms. The van der Waals surface area contributed by atoms with Crippen LogP contribution in [0.1, 0.15) is 4.88 Å². The third-order valence-corrected chi connectivity index (χ3v) is 5.50. The molecule has 0 aromatic carbocycles. The highest BCUT2D eigenvalue weighted by Gasteiger charge is 2.20. The number of aromatic nitrogens is 1. The number of pyridine rings is 1. The van der Waals surface area contributed by atoms with Crippen LogP contribution in [-0.2, 0) is 6.54 Å². The number of anilines is 1. The van der Waals surface area contributed by atoms with E-state index in [0.717, 1.165) is 49.0 Å². The van der Waals surface area contributed by atoms with E-state index in [2.05, 4.69) is 58.5 Å². The van der Waals surface area contributed by atoms with Crippen molar-refractivity contribution in [2.45, 2.75) is 6.54 Å². The molecule has 5 nitrogen and oxygen atoms in total. The number of aliphatic imine (C=N–C) groups is 1. The number of rotatable bonds is 3. The molecule has 2 aromatic rings. The molecule has 0 radical (unpaired) electrons. The highest BCUT2D eigenvalue weighted by Crippen LogP contribution is 2.19. The molecule has 1 fully saturated rings. The van der Waals surface area contributed by atoms with Crippen LogP contribution in [-0.4, -0.2) is 49.1 Å². The molecule has 122 valence electrons. The standard InChI is InChI=1S/C16H20BrN5S/c1-18-16(20-11-14-10-13(17)12-23-14)22-8-6-21(7-9-22)15-4-2-3-5-19-15/h2-5,10,12H,6-9,11H2,1H3,(H,18,20). The summed E-state index contributed by atoms with van der Waals surface area (Å²) in [6.45, 7) is 4.63. The molecule has 1 saturated heterocycles. The summed E-state index contributed by atoms with van der Waals surface area (Å²) in [7, 11) is 1.85. The highest BCUT2D eigenvalue weighted by atomic mass is 79.9. The van der Waals surface area contributed by atoms with Gasteiger partial charge in [0.1, 0.15) is 5.82 Å². The second-order valence-electron chi connectivity index (χ2n) is 5.29. The van der Waals surface area contributed by atoms with Crippen molar-refractivity contribution < 1.29 is 0 Å². The molecular weight excluding hydrogens is 374 g/mol. The minimum Gasteiger partial charge on any atom is -0.353 e. The summed E-state index contributed by atoms with van der Waals surface area (Å²) < 4.78 is 1.14. The minimum absolute atomic E-state index is 0.809. The Morgan fingerprint density at radius 3 is 2.78 bits per heavy atom. The van der Waals surface area contributed by atoms with Crippen molar-refractivity contribution in [2.75, 3.05) is 38.1 Å². The first kappa shape index (κ1) is 16.3. The molecule has 0 atom stereocenters. The molecule has 0 unspecified atom stereocenters. The summed E-state index contributed by atoms with van der Waals surface area (Å²) in [4.78, 5) is 14.8. The zero-order chi connectivity index (χ0) is 16.1. The number of thiophene rings is 1. The van der Waals surface area contributed by atoms with Crippen LogP contribution in [0.3, 0.4) is 0 Å². The van der Waals surface area contributed by atoms with Crippen LogP contribution >= 0.6 is 27.3 Å². The van der Waals surface area contributed by atoms with Crippen LogP contribution in [0.15, 0.2) is 45.3 Å². The van der Waals surface area contributed by atoms with Crippen LogP contribution in [0.2, 0.25) is 0 Å². The third-order valence-electron chi connectivity index (χ3n) is 3.81. The Morgan fingerprint density at radius 2 is 2.17 bits per heavy atom. The lowest BCUT2D eigenvalue weighted by Crippen LogP contribution is -2.52. The lowest BCUT2D eigenvalue weighted by Gasteiger charge is -2.37. The Kier molecular flexibility index (Phi) is 5.51. The summed E-state index contributed by atoms with van der Waals surface area (Å²) in [5, 5.41) is 5.56. The molecule has 0 aliphatic carbocycles. The lowest BCUT2D eigenvalue weighted by molar-refractivity contribution is 0.371. The molecule has 0 spiro atoms. The molecule has 3 heterocycles. The average Bonchev–Trinajstić information content (AvgIpc) is 3.02. The molecule has 1 aliphatic rings. The van der Waals surface area contributed by atoms with Crippen molar-refractivity contribution in [3.63, 3.8) is 0 Å². The van der Waals surface area contributed by atoms with Crippen LogP contribution in [0.5, 0.6) is 0 Å².